The van der Waals surface area contributed by atoms with Crippen molar-refractivity contribution in [3.8, 4) is 0 Å². The lowest BCUT2D eigenvalue weighted by atomic mass is 9.89. The predicted octanol–water partition coefficient (Wildman–Crippen LogP) is 2.23. The van der Waals surface area contributed by atoms with Crippen molar-refractivity contribution in [3.63, 3.8) is 0 Å². The summed E-state index contributed by atoms with van der Waals surface area (Å²) in [6.45, 7) is 2.24. The highest BCUT2D eigenvalue weighted by Crippen LogP contribution is 2.32. The van der Waals surface area contributed by atoms with Crippen molar-refractivity contribution in [2.24, 2.45) is 0 Å². The molecule has 4 rings (SSSR count). The van der Waals surface area contributed by atoms with Gasteiger partial charge in [0, 0.05) is 17.8 Å². The largest absolute Gasteiger partial charge is 0.346 e. The number of anilines is 1. The summed E-state index contributed by atoms with van der Waals surface area (Å²) in [7, 11) is 0. The second-order valence-electron chi connectivity index (χ2n) is 5.99. The van der Waals surface area contributed by atoms with E-state index >= 15 is 0 Å². The lowest BCUT2D eigenvalue weighted by Gasteiger charge is -2.31. The highest BCUT2D eigenvalue weighted by atomic mass is 32.1. The number of H-pyrrole nitrogens is 1. The van der Waals surface area contributed by atoms with Gasteiger partial charge in [-0.1, -0.05) is 11.3 Å². The molecule has 3 aromatic heterocycles. The van der Waals surface area contributed by atoms with Gasteiger partial charge in [0.05, 0.1) is 6.54 Å². The van der Waals surface area contributed by atoms with Crippen LogP contribution in [0.15, 0.2) is 30.0 Å². The van der Waals surface area contributed by atoms with Gasteiger partial charge in [-0.05, 0) is 49.5 Å². The molecule has 8 heteroatoms. The Morgan fingerprint density at radius 1 is 1.42 bits per heavy atom. The topological polar surface area (TPSA) is 86.8 Å². The van der Waals surface area contributed by atoms with E-state index in [4.69, 9.17) is 0 Å². The number of nitrogens with zero attached hydrogens (tertiary/aromatic N) is 4. The number of rotatable bonds is 4. The molecule has 2 N–H and O–H groups in total. The summed E-state index contributed by atoms with van der Waals surface area (Å²) in [6.07, 6.45) is 5.99. The summed E-state index contributed by atoms with van der Waals surface area (Å²) in [4.78, 5) is 21.8. The SMILES string of the molecule is O=C(CN1CCC(c2c[nH]c3ncccc23)CC1)Nc1nncs1. The number of pyridine rings is 1. The third kappa shape index (κ3) is 3.15. The first-order chi connectivity index (χ1) is 11.8. The van der Waals surface area contributed by atoms with Crippen molar-refractivity contribution in [3.05, 3.63) is 35.6 Å². The Labute approximate surface area is 143 Å². The molecule has 1 saturated heterocycles. The van der Waals surface area contributed by atoms with Gasteiger partial charge in [0.15, 0.2) is 0 Å². The van der Waals surface area contributed by atoms with Crippen LogP contribution in [-0.4, -0.2) is 50.6 Å². The summed E-state index contributed by atoms with van der Waals surface area (Å²) in [5.41, 5.74) is 3.90. The molecular weight excluding hydrogens is 324 g/mol. The Morgan fingerprint density at radius 3 is 3.08 bits per heavy atom. The van der Waals surface area contributed by atoms with E-state index in [2.05, 4.69) is 42.6 Å². The molecule has 0 saturated carbocycles. The van der Waals surface area contributed by atoms with Gasteiger partial charge in [0.1, 0.15) is 11.2 Å². The van der Waals surface area contributed by atoms with E-state index in [1.165, 1.54) is 22.3 Å². The second-order valence-corrected chi connectivity index (χ2v) is 6.82. The Bertz CT molecular complexity index is 822. The number of piperidine rings is 1. The van der Waals surface area contributed by atoms with Crippen LogP contribution < -0.4 is 5.32 Å². The Hall–Kier alpha value is -2.32. The maximum atomic E-state index is 12.0. The first kappa shape index (κ1) is 15.2. The predicted molar refractivity (Wildman–Crippen MR) is 93.0 cm³/mol. The van der Waals surface area contributed by atoms with Crippen LogP contribution in [0.1, 0.15) is 24.3 Å². The van der Waals surface area contributed by atoms with Crippen LogP contribution in [0.25, 0.3) is 11.0 Å². The summed E-state index contributed by atoms with van der Waals surface area (Å²) in [5, 5.41) is 12.1. The molecule has 7 nitrogen and oxygen atoms in total. The fourth-order valence-corrected chi connectivity index (χ4v) is 3.77. The minimum Gasteiger partial charge on any atom is -0.346 e. The zero-order valence-electron chi connectivity index (χ0n) is 13.1. The molecule has 0 spiro atoms. The highest BCUT2D eigenvalue weighted by Gasteiger charge is 2.24. The van der Waals surface area contributed by atoms with Crippen LogP contribution in [-0.2, 0) is 4.79 Å². The van der Waals surface area contributed by atoms with Crippen molar-refractivity contribution >= 4 is 33.4 Å². The maximum absolute atomic E-state index is 12.0. The van der Waals surface area contributed by atoms with Crippen molar-refractivity contribution in [2.45, 2.75) is 18.8 Å². The van der Waals surface area contributed by atoms with Gasteiger partial charge in [0.2, 0.25) is 11.0 Å². The minimum atomic E-state index is -0.0264. The van der Waals surface area contributed by atoms with Gasteiger partial charge in [-0.3, -0.25) is 15.0 Å². The molecule has 4 heterocycles. The van der Waals surface area contributed by atoms with E-state index in [-0.39, 0.29) is 5.91 Å². The van der Waals surface area contributed by atoms with Gasteiger partial charge < -0.3 is 4.98 Å². The van der Waals surface area contributed by atoms with E-state index in [0.29, 0.717) is 17.6 Å². The van der Waals surface area contributed by atoms with Crippen molar-refractivity contribution in [2.75, 3.05) is 25.0 Å². The zero-order chi connectivity index (χ0) is 16.4. The molecule has 24 heavy (non-hydrogen) atoms. The van der Waals surface area contributed by atoms with Crippen molar-refractivity contribution in [1.82, 2.24) is 25.1 Å². The van der Waals surface area contributed by atoms with E-state index in [0.717, 1.165) is 31.6 Å². The molecule has 0 aromatic carbocycles. The lowest BCUT2D eigenvalue weighted by Crippen LogP contribution is -2.38. The highest BCUT2D eigenvalue weighted by molar-refractivity contribution is 7.13. The number of aromatic amines is 1. The number of nitrogens with one attached hydrogen (secondary N) is 2. The summed E-state index contributed by atoms with van der Waals surface area (Å²) >= 11 is 1.33. The van der Waals surface area contributed by atoms with Crippen LogP contribution in [0.4, 0.5) is 5.13 Å². The summed E-state index contributed by atoms with van der Waals surface area (Å²) in [5.74, 6) is 0.493. The monoisotopic (exact) mass is 342 g/mol. The van der Waals surface area contributed by atoms with Crippen LogP contribution in [0.2, 0.25) is 0 Å². The average molecular weight is 342 g/mol. The number of carbonyl (C=O) groups excluding carboxylic acids is 1. The van der Waals surface area contributed by atoms with E-state index < -0.39 is 0 Å². The lowest BCUT2D eigenvalue weighted by molar-refractivity contribution is -0.117. The first-order valence-electron chi connectivity index (χ1n) is 8.00. The molecule has 1 amide bonds. The number of hydrogen-bond acceptors (Lipinski definition) is 6. The molecule has 0 atom stereocenters. The number of amides is 1. The minimum absolute atomic E-state index is 0.0264. The van der Waals surface area contributed by atoms with Gasteiger partial charge in [-0.15, -0.1) is 10.2 Å². The van der Waals surface area contributed by atoms with E-state index in [9.17, 15) is 4.79 Å². The standard InChI is InChI=1S/C16H18N6OS/c23-14(20-16-21-19-10-24-16)9-22-6-3-11(4-7-22)13-8-18-15-12(13)2-1-5-17-15/h1-2,5,8,10-11H,3-4,6-7,9H2,(H,17,18)(H,20,21,23). The van der Waals surface area contributed by atoms with Gasteiger partial charge in [0.25, 0.3) is 0 Å². The normalized spacial score (nSPS) is 16.5. The first-order valence-corrected chi connectivity index (χ1v) is 8.88. The van der Waals surface area contributed by atoms with Gasteiger partial charge in [-0.2, -0.15) is 0 Å². The van der Waals surface area contributed by atoms with Crippen LogP contribution in [0, 0.1) is 0 Å². The number of aromatic nitrogens is 4. The van der Waals surface area contributed by atoms with Crippen molar-refractivity contribution in [1.29, 1.82) is 0 Å². The molecule has 0 aliphatic carbocycles. The second kappa shape index (κ2) is 6.66. The summed E-state index contributed by atoms with van der Waals surface area (Å²) < 4.78 is 0. The van der Waals surface area contributed by atoms with Crippen LogP contribution in [0.3, 0.4) is 0 Å². The molecule has 3 aromatic rings. The average Bonchev–Trinajstić information content (AvgIpc) is 3.25. The molecule has 1 aliphatic rings. The quantitative estimate of drug-likeness (QED) is 0.759. The molecule has 0 unspecified atom stereocenters. The molecule has 124 valence electrons. The molecule has 1 fully saturated rings. The molecular formula is C16H18N6OS. The van der Waals surface area contributed by atoms with E-state index in [1.54, 1.807) is 5.51 Å². The number of fused-ring (bicyclic) bond motifs is 1. The van der Waals surface area contributed by atoms with Gasteiger partial charge in [-0.25, -0.2) is 4.98 Å². The molecule has 1 aliphatic heterocycles. The number of carbonyl (C=O) groups is 1. The van der Waals surface area contributed by atoms with E-state index in [1.807, 2.05) is 12.3 Å². The molecule has 0 bridgehead atoms. The van der Waals surface area contributed by atoms with Gasteiger partial charge >= 0.3 is 0 Å². The molecule has 0 radical (unpaired) electrons. The van der Waals surface area contributed by atoms with Crippen LogP contribution >= 0.6 is 11.3 Å². The fourth-order valence-electron chi connectivity index (χ4n) is 3.31. The smallest absolute Gasteiger partial charge is 0.240 e. The van der Waals surface area contributed by atoms with Crippen molar-refractivity contribution < 1.29 is 4.79 Å². The fraction of sp³-hybridized carbons (Fsp3) is 0.375. The van der Waals surface area contributed by atoms with Crippen LogP contribution in [0.5, 0.6) is 0 Å². The zero-order valence-corrected chi connectivity index (χ0v) is 13.9. The summed E-state index contributed by atoms with van der Waals surface area (Å²) in [6, 6.07) is 4.10. The number of hydrogen-bond donors (Lipinski definition) is 2. The Balaban J connectivity index is 1.34. The third-order valence-electron chi connectivity index (χ3n) is 4.48. The Morgan fingerprint density at radius 2 is 2.29 bits per heavy atom. The maximum Gasteiger partial charge on any atom is 0.240 e. The third-order valence-corrected chi connectivity index (χ3v) is 5.09. The Kier molecular flexibility index (Phi) is 4.22. The number of likely N-dealkylation sites (tertiary alicyclic amines) is 1.